The molecule has 27 heavy (non-hydrogen) atoms. The van der Waals surface area contributed by atoms with Crippen LogP contribution in [0.2, 0.25) is 0 Å². The van der Waals surface area contributed by atoms with Gasteiger partial charge in [-0.3, -0.25) is 9.59 Å². The van der Waals surface area contributed by atoms with Gasteiger partial charge in [-0.05, 0) is 56.3 Å². The van der Waals surface area contributed by atoms with E-state index in [0.29, 0.717) is 25.7 Å². The van der Waals surface area contributed by atoms with Crippen LogP contribution in [0.5, 0.6) is 0 Å². The molecule has 1 aliphatic heterocycles. The molecule has 0 radical (unpaired) electrons. The van der Waals surface area contributed by atoms with E-state index in [1.54, 1.807) is 0 Å². The van der Waals surface area contributed by atoms with Crippen molar-refractivity contribution in [2.45, 2.75) is 82.2 Å². The summed E-state index contributed by atoms with van der Waals surface area (Å²) in [7, 11) is 0. The van der Waals surface area contributed by atoms with Gasteiger partial charge in [0.1, 0.15) is 12.4 Å². The van der Waals surface area contributed by atoms with Crippen LogP contribution in [-0.4, -0.2) is 51.0 Å². The van der Waals surface area contributed by atoms with E-state index in [0.717, 1.165) is 25.7 Å². The van der Waals surface area contributed by atoms with Crippen molar-refractivity contribution in [2.24, 2.45) is 28.6 Å². The molecule has 6 nitrogen and oxygen atoms in total. The SMILES string of the molecule is C[C@]12CC[C@@H]3[C@]4(CC[C@@]5(O)CC(=O)CC[C@@]35[C@H](O)O4)[C@H]1CC[C@H]2C(=O)CO. The molecular weight excluding hydrogens is 348 g/mol. The highest BCUT2D eigenvalue weighted by atomic mass is 16.6. The summed E-state index contributed by atoms with van der Waals surface area (Å²) in [6, 6.07) is 0. The van der Waals surface area contributed by atoms with Crippen molar-refractivity contribution in [3.63, 3.8) is 0 Å². The number of ketones is 2. The van der Waals surface area contributed by atoms with Crippen molar-refractivity contribution < 1.29 is 29.6 Å². The Morgan fingerprint density at radius 3 is 2.67 bits per heavy atom. The number of aliphatic hydroxyl groups is 3. The molecule has 1 heterocycles. The van der Waals surface area contributed by atoms with Crippen molar-refractivity contribution in [3.05, 3.63) is 0 Å². The summed E-state index contributed by atoms with van der Waals surface area (Å²) in [5.74, 6) is -0.00856. The number of aliphatic hydroxyl groups excluding tert-OH is 2. The number of Topliss-reactive ketones (excluding diaryl/α,β-unsaturated/α-hetero) is 2. The van der Waals surface area contributed by atoms with Crippen LogP contribution >= 0.6 is 0 Å². The van der Waals surface area contributed by atoms with Crippen LogP contribution in [0.1, 0.15) is 64.7 Å². The Morgan fingerprint density at radius 1 is 1.15 bits per heavy atom. The lowest BCUT2D eigenvalue weighted by Crippen LogP contribution is -2.67. The summed E-state index contributed by atoms with van der Waals surface area (Å²) in [6.45, 7) is 1.73. The molecule has 2 bridgehead atoms. The minimum atomic E-state index is -1.18. The van der Waals surface area contributed by atoms with Crippen LogP contribution in [-0.2, 0) is 14.3 Å². The van der Waals surface area contributed by atoms with Gasteiger partial charge in [-0.15, -0.1) is 0 Å². The smallest absolute Gasteiger partial charge is 0.164 e. The second kappa shape index (κ2) is 5.41. The Bertz CT molecular complexity index is 707. The highest BCUT2D eigenvalue weighted by Crippen LogP contribution is 2.75. The molecule has 3 N–H and O–H groups in total. The third-order valence-corrected chi connectivity index (χ3v) is 9.53. The van der Waals surface area contributed by atoms with Gasteiger partial charge in [-0.2, -0.15) is 0 Å². The zero-order chi connectivity index (χ0) is 19.2. The Hall–Kier alpha value is -0.820. The molecule has 1 saturated heterocycles. The lowest BCUT2D eigenvalue weighted by molar-refractivity contribution is -0.214. The Kier molecular flexibility index (Phi) is 3.65. The second-order valence-electron chi connectivity index (χ2n) is 10.1. The van der Waals surface area contributed by atoms with Gasteiger partial charge in [-0.1, -0.05) is 6.92 Å². The lowest BCUT2D eigenvalue weighted by Gasteiger charge is -2.62. The molecule has 5 fully saturated rings. The topological polar surface area (TPSA) is 104 Å². The monoisotopic (exact) mass is 378 g/mol. The van der Waals surface area contributed by atoms with Crippen LogP contribution in [0, 0.1) is 28.6 Å². The first kappa shape index (κ1) is 18.2. The second-order valence-corrected chi connectivity index (χ2v) is 10.1. The normalized spacial score (nSPS) is 56.4. The van der Waals surface area contributed by atoms with E-state index in [-0.39, 0.29) is 41.2 Å². The molecule has 4 saturated carbocycles. The molecule has 0 aromatic carbocycles. The van der Waals surface area contributed by atoms with Crippen LogP contribution in [0.15, 0.2) is 0 Å². The van der Waals surface area contributed by atoms with Crippen molar-refractivity contribution >= 4 is 11.6 Å². The average molecular weight is 378 g/mol. The molecule has 0 unspecified atom stereocenters. The van der Waals surface area contributed by atoms with Crippen molar-refractivity contribution in [2.75, 3.05) is 6.61 Å². The number of hydrogen-bond acceptors (Lipinski definition) is 6. The summed E-state index contributed by atoms with van der Waals surface area (Å²) in [4.78, 5) is 24.5. The zero-order valence-electron chi connectivity index (χ0n) is 15.9. The molecule has 5 rings (SSSR count). The van der Waals surface area contributed by atoms with Gasteiger partial charge in [0.15, 0.2) is 12.1 Å². The molecule has 0 amide bonds. The third-order valence-electron chi connectivity index (χ3n) is 9.53. The molecule has 0 aromatic rings. The van der Waals surface area contributed by atoms with Gasteiger partial charge < -0.3 is 20.1 Å². The van der Waals surface area contributed by atoms with Gasteiger partial charge in [0.25, 0.3) is 0 Å². The van der Waals surface area contributed by atoms with E-state index in [1.165, 1.54) is 0 Å². The van der Waals surface area contributed by atoms with Crippen molar-refractivity contribution in [3.8, 4) is 0 Å². The highest BCUT2D eigenvalue weighted by Gasteiger charge is 2.79. The Labute approximate surface area is 159 Å². The molecule has 5 aliphatic rings. The van der Waals surface area contributed by atoms with E-state index in [9.17, 15) is 24.9 Å². The van der Waals surface area contributed by atoms with E-state index >= 15 is 0 Å². The van der Waals surface area contributed by atoms with Crippen LogP contribution in [0.25, 0.3) is 0 Å². The minimum Gasteiger partial charge on any atom is -0.389 e. The van der Waals surface area contributed by atoms with Crippen LogP contribution < -0.4 is 0 Å². The summed E-state index contributed by atoms with van der Waals surface area (Å²) >= 11 is 0. The number of rotatable bonds is 2. The van der Waals surface area contributed by atoms with Gasteiger partial charge >= 0.3 is 0 Å². The van der Waals surface area contributed by atoms with Crippen LogP contribution in [0.4, 0.5) is 0 Å². The number of hydrogen-bond donors (Lipinski definition) is 3. The predicted molar refractivity (Wildman–Crippen MR) is 94.4 cm³/mol. The standard InChI is InChI=1S/C21H30O6/c1-18-6-5-16-20-7-4-12(23)10-19(20,26)8-9-21(16,27-17(20)25)15(18)3-2-13(18)14(24)11-22/h13,15-17,22,25-26H,2-11H2,1H3/t13-,15-,16-,17+,18+,19+,20-,21-/m0/s1. The van der Waals surface area contributed by atoms with Gasteiger partial charge in [0.2, 0.25) is 0 Å². The quantitative estimate of drug-likeness (QED) is 0.670. The number of carbonyl (C=O) groups excluding carboxylic acids is 2. The summed E-state index contributed by atoms with van der Waals surface area (Å²) < 4.78 is 6.39. The van der Waals surface area contributed by atoms with Crippen LogP contribution in [0.3, 0.4) is 0 Å². The first-order valence-electron chi connectivity index (χ1n) is 10.5. The largest absolute Gasteiger partial charge is 0.389 e. The fourth-order valence-corrected chi connectivity index (χ4v) is 8.45. The molecule has 8 atom stereocenters. The fraction of sp³-hybridized carbons (Fsp3) is 0.905. The van der Waals surface area contributed by atoms with Gasteiger partial charge in [0, 0.05) is 24.7 Å². The van der Waals surface area contributed by atoms with Crippen molar-refractivity contribution in [1.82, 2.24) is 0 Å². The molecule has 6 heteroatoms. The van der Waals surface area contributed by atoms with Gasteiger partial charge in [-0.25, -0.2) is 0 Å². The summed E-state index contributed by atoms with van der Waals surface area (Å²) in [5, 5.41) is 32.0. The highest BCUT2D eigenvalue weighted by molar-refractivity contribution is 5.83. The first-order chi connectivity index (χ1) is 12.7. The summed E-state index contributed by atoms with van der Waals surface area (Å²) in [5.41, 5.74) is -2.70. The fourth-order valence-electron chi connectivity index (χ4n) is 8.45. The average Bonchev–Trinajstić information content (AvgIpc) is 3.07. The number of carbonyl (C=O) groups is 2. The molecule has 1 spiro atoms. The molecule has 4 aliphatic carbocycles. The number of ether oxygens (including phenoxy) is 1. The van der Waals surface area contributed by atoms with E-state index < -0.39 is 29.5 Å². The van der Waals surface area contributed by atoms with E-state index in [2.05, 4.69) is 6.92 Å². The maximum atomic E-state index is 12.4. The minimum absolute atomic E-state index is 0.0212. The maximum absolute atomic E-state index is 12.4. The zero-order valence-corrected chi connectivity index (χ0v) is 15.9. The molecular formula is C21H30O6. The molecule has 0 aromatic heterocycles. The number of fused-ring (bicyclic) bond motifs is 1. The lowest BCUT2D eigenvalue weighted by atomic mass is 9.42. The third kappa shape index (κ3) is 1.91. The first-order valence-corrected chi connectivity index (χ1v) is 10.5. The Balaban J connectivity index is 1.58. The van der Waals surface area contributed by atoms with E-state index in [4.69, 9.17) is 4.74 Å². The van der Waals surface area contributed by atoms with Gasteiger partial charge in [0.05, 0.1) is 16.6 Å². The summed E-state index contributed by atoms with van der Waals surface area (Å²) in [6.07, 6.45) is 4.26. The Morgan fingerprint density at radius 2 is 1.93 bits per heavy atom. The van der Waals surface area contributed by atoms with E-state index in [1.807, 2.05) is 0 Å². The predicted octanol–water partition coefficient (Wildman–Crippen LogP) is 1.34. The molecule has 150 valence electrons. The van der Waals surface area contributed by atoms with Crippen molar-refractivity contribution in [1.29, 1.82) is 0 Å². The maximum Gasteiger partial charge on any atom is 0.164 e.